The summed E-state index contributed by atoms with van der Waals surface area (Å²) < 4.78 is 19.3. The van der Waals surface area contributed by atoms with Gasteiger partial charge in [-0.15, -0.1) is 0 Å². The Hall–Kier alpha value is -2.82. The number of carbonyl (C=O) groups excluding carboxylic acids is 1. The van der Waals surface area contributed by atoms with Crippen molar-refractivity contribution in [2.45, 2.75) is 19.4 Å². The molecule has 5 heteroatoms. The second-order valence-corrected chi connectivity index (χ2v) is 5.85. The minimum absolute atomic E-state index is 0.212. The molecule has 1 aliphatic heterocycles. The molecule has 0 bridgehead atoms. The molecule has 0 saturated heterocycles. The molecule has 0 fully saturated rings. The number of fused-ring (bicyclic) bond motifs is 1. The molecule has 0 unspecified atom stereocenters. The summed E-state index contributed by atoms with van der Waals surface area (Å²) in [5.41, 5.74) is 6.21. The number of halogens is 1. The Morgan fingerprint density at radius 1 is 1.17 bits per heavy atom. The van der Waals surface area contributed by atoms with Crippen LogP contribution in [0.3, 0.4) is 0 Å². The number of rotatable bonds is 3. The molecule has 2 aromatic carbocycles. The first-order chi connectivity index (χ1) is 10.9. The molecule has 1 amide bonds. The lowest BCUT2D eigenvalue weighted by Gasteiger charge is -2.27. The number of amides is 1. The van der Waals surface area contributed by atoms with Crippen molar-refractivity contribution in [3.63, 3.8) is 0 Å². The van der Waals surface area contributed by atoms with Crippen LogP contribution in [0, 0.1) is 5.82 Å². The van der Waals surface area contributed by atoms with Crippen LogP contribution >= 0.6 is 0 Å². The van der Waals surface area contributed by atoms with Gasteiger partial charge in [-0.25, -0.2) is 4.39 Å². The molecule has 0 aliphatic carbocycles. The maximum Gasteiger partial charge on any atom is 0.269 e. The Labute approximate surface area is 133 Å². The zero-order valence-corrected chi connectivity index (χ0v) is 12.9. The second-order valence-electron chi connectivity index (χ2n) is 5.85. The fraction of sp³-hybridized carbons (Fsp3) is 0.167. The Morgan fingerprint density at radius 3 is 2.74 bits per heavy atom. The minimum atomic E-state index is -0.434. The minimum Gasteiger partial charge on any atom is -0.483 e. The van der Waals surface area contributed by atoms with Gasteiger partial charge in [0.25, 0.3) is 5.91 Å². The van der Waals surface area contributed by atoms with E-state index in [1.165, 1.54) is 6.07 Å². The Kier molecular flexibility index (Phi) is 3.78. The van der Waals surface area contributed by atoms with Crippen LogP contribution in [-0.2, 0) is 0 Å². The number of benzene rings is 2. The molecule has 0 radical (unpaired) electrons. The highest BCUT2D eigenvalue weighted by Gasteiger charge is 2.22. The highest BCUT2D eigenvalue weighted by molar-refractivity contribution is 5.95. The summed E-state index contributed by atoms with van der Waals surface area (Å²) in [6.45, 7) is 3.93. The van der Waals surface area contributed by atoms with E-state index in [-0.39, 0.29) is 17.2 Å². The van der Waals surface area contributed by atoms with Crippen LogP contribution in [-0.4, -0.2) is 11.5 Å². The van der Waals surface area contributed by atoms with Crippen LogP contribution in [0.25, 0.3) is 6.08 Å². The first-order valence-corrected chi connectivity index (χ1v) is 7.28. The molecular weight excluding hydrogens is 295 g/mol. The number of para-hydroxylation sites is 1. The predicted octanol–water partition coefficient (Wildman–Crippen LogP) is 3.77. The van der Waals surface area contributed by atoms with Gasteiger partial charge in [-0.3, -0.25) is 15.6 Å². The van der Waals surface area contributed by atoms with Gasteiger partial charge >= 0.3 is 0 Å². The molecule has 1 aliphatic rings. The van der Waals surface area contributed by atoms with Crippen molar-refractivity contribution < 1.29 is 13.9 Å². The summed E-state index contributed by atoms with van der Waals surface area (Å²) in [5, 5.41) is 0. The standard InChI is InChI=1S/C18H17FN2O2/c1-18(2)10-9-12-11-13(7-8-16(12)23-18)17(22)21-20-15-6-4-3-5-14(15)19/h3-11,20H,1-2H3,(H,21,22). The van der Waals surface area contributed by atoms with Gasteiger partial charge in [-0.05, 0) is 50.3 Å². The molecule has 4 nitrogen and oxygen atoms in total. The molecule has 2 N–H and O–H groups in total. The molecule has 0 aromatic heterocycles. The fourth-order valence-electron chi connectivity index (χ4n) is 2.28. The van der Waals surface area contributed by atoms with Gasteiger partial charge in [-0.1, -0.05) is 18.2 Å². The van der Waals surface area contributed by atoms with Gasteiger partial charge in [0.05, 0.1) is 5.69 Å². The number of hydrogen-bond donors (Lipinski definition) is 2. The SMILES string of the molecule is CC1(C)C=Cc2cc(C(=O)NNc3ccccc3F)ccc2O1. The number of ether oxygens (including phenoxy) is 1. The van der Waals surface area contributed by atoms with Crippen molar-refractivity contribution in [2.24, 2.45) is 0 Å². The third-order valence-corrected chi connectivity index (χ3v) is 3.49. The second kappa shape index (κ2) is 5.76. The van der Waals surface area contributed by atoms with E-state index in [1.807, 2.05) is 26.0 Å². The first kappa shape index (κ1) is 15.1. The summed E-state index contributed by atoms with van der Waals surface area (Å²) in [5.74, 6) is -0.0535. The lowest BCUT2D eigenvalue weighted by atomic mass is 10.0. The smallest absolute Gasteiger partial charge is 0.269 e. The van der Waals surface area contributed by atoms with Gasteiger partial charge in [0, 0.05) is 11.1 Å². The van der Waals surface area contributed by atoms with Crippen molar-refractivity contribution in [3.05, 3.63) is 65.5 Å². The van der Waals surface area contributed by atoms with E-state index in [0.717, 1.165) is 11.3 Å². The Morgan fingerprint density at radius 2 is 1.96 bits per heavy atom. The molecule has 23 heavy (non-hydrogen) atoms. The van der Waals surface area contributed by atoms with Gasteiger partial charge in [0.15, 0.2) is 0 Å². The van der Waals surface area contributed by atoms with Crippen molar-refractivity contribution in [3.8, 4) is 5.75 Å². The van der Waals surface area contributed by atoms with Crippen LogP contribution in [0.15, 0.2) is 48.5 Å². The zero-order valence-electron chi connectivity index (χ0n) is 12.9. The molecule has 3 rings (SSSR count). The van der Waals surface area contributed by atoms with E-state index in [1.54, 1.807) is 36.4 Å². The van der Waals surface area contributed by atoms with Crippen LogP contribution < -0.4 is 15.6 Å². The summed E-state index contributed by atoms with van der Waals surface area (Å²) in [7, 11) is 0. The van der Waals surface area contributed by atoms with Gasteiger partial charge in [-0.2, -0.15) is 0 Å². The van der Waals surface area contributed by atoms with Crippen molar-refractivity contribution in [1.82, 2.24) is 5.43 Å². The summed E-state index contributed by atoms with van der Waals surface area (Å²) >= 11 is 0. The van der Waals surface area contributed by atoms with Crippen molar-refractivity contribution >= 4 is 17.7 Å². The molecule has 0 atom stereocenters. The van der Waals surface area contributed by atoms with Crippen LogP contribution in [0.4, 0.5) is 10.1 Å². The summed E-state index contributed by atoms with van der Waals surface area (Å²) in [6.07, 6.45) is 3.87. The van der Waals surface area contributed by atoms with Crippen molar-refractivity contribution in [1.29, 1.82) is 0 Å². The number of hydrogen-bond acceptors (Lipinski definition) is 3. The molecule has 2 aromatic rings. The lowest BCUT2D eigenvalue weighted by Crippen LogP contribution is -2.30. The van der Waals surface area contributed by atoms with Crippen LogP contribution in [0.2, 0.25) is 0 Å². The van der Waals surface area contributed by atoms with Gasteiger partial charge < -0.3 is 4.74 Å². The zero-order chi connectivity index (χ0) is 16.4. The average molecular weight is 312 g/mol. The third-order valence-electron chi connectivity index (χ3n) is 3.49. The summed E-state index contributed by atoms with van der Waals surface area (Å²) in [4.78, 5) is 12.2. The Bertz CT molecular complexity index is 784. The van der Waals surface area contributed by atoms with E-state index in [9.17, 15) is 9.18 Å². The summed E-state index contributed by atoms with van der Waals surface area (Å²) in [6, 6.07) is 11.3. The molecule has 1 heterocycles. The average Bonchev–Trinajstić information content (AvgIpc) is 2.52. The maximum atomic E-state index is 13.5. The molecule has 0 saturated carbocycles. The number of anilines is 1. The monoisotopic (exact) mass is 312 g/mol. The number of hydrazine groups is 1. The number of carbonyl (C=O) groups is 1. The third kappa shape index (κ3) is 3.34. The van der Waals surface area contributed by atoms with Crippen LogP contribution in [0.5, 0.6) is 5.75 Å². The lowest BCUT2D eigenvalue weighted by molar-refractivity contribution is 0.0962. The Balaban J connectivity index is 1.73. The van der Waals surface area contributed by atoms with E-state index in [4.69, 9.17) is 4.74 Å². The van der Waals surface area contributed by atoms with E-state index < -0.39 is 5.82 Å². The molecule has 118 valence electrons. The maximum absolute atomic E-state index is 13.5. The van der Waals surface area contributed by atoms with Crippen molar-refractivity contribution in [2.75, 3.05) is 5.43 Å². The van der Waals surface area contributed by atoms with Gasteiger partial charge in [0.1, 0.15) is 17.2 Å². The quantitative estimate of drug-likeness (QED) is 0.848. The number of nitrogens with one attached hydrogen (secondary N) is 2. The van der Waals surface area contributed by atoms with Gasteiger partial charge in [0.2, 0.25) is 0 Å². The van der Waals surface area contributed by atoms with E-state index >= 15 is 0 Å². The first-order valence-electron chi connectivity index (χ1n) is 7.28. The normalized spacial score (nSPS) is 14.6. The fourth-order valence-corrected chi connectivity index (χ4v) is 2.28. The van der Waals surface area contributed by atoms with E-state index in [0.29, 0.717) is 5.56 Å². The highest BCUT2D eigenvalue weighted by Crippen LogP contribution is 2.31. The molecule has 0 spiro atoms. The predicted molar refractivity (Wildman–Crippen MR) is 87.7 cm³/mol. The van der Waals surface area contributed by atoms with Crippen LogP contribution in [0.1, 0.15) is 29.8 Å². The molecular formula is C18H17FN2O2. The highest BCUT2D eigenvalue weighted by atomic mass is 19.1. The van der Waals surface area contributed by atoms with E-state index in [2.05, 4.69) is 10.9 Å². The largest absolute Gasteiger partial charge is 0.483 e. The topological polar surface area (TPSA) is 50.4 Å².